The average Bonchev–Trinajstić information content (AvgIpc) is 2.77. The third-order valence-corrected chi connectivity index (χ3v) is 6.05. The molecule has 0 spiro atoms. The van der Waals surface area contributed by atoms with Gasteiger partial charge in [-0.3, -0.25) is 14.5 Å². The zero-order valence-electron chi connectivity index (χ0n) is 17.4. The lowest BCUT2D eigenvalue weighted by molar-refractivity contribution is -0.130. The Morgan fingerprint density at radius 2 is 1.77 bits per heavy atom. The van der Waals surface area contributed by atoms with Crippen LogP contribution >= 0.6 is 11.6 Å². The Bertz CT molecular complexity index is 969. The van der Waals surface area contributed by atoms with Gasteiger partial charge in [0.25, 0.3) is 5.91 Å². The summed E-state index contributed by atoms with van der Waals surface area (Å²) in [4.78, 5) is 43.4. The number of nitrogens with zero attached hydrogens (tertiary/aromatic N) is 3. The lowest BCUT2D eigenvalue weighted by atomic mass is 10.0. The number of halogens is 1. The predicted molar refractivity (Wildman–Crippen MR) is 118 cm³/mol. The van der Waals surface area contributed by atoms with Crippen molar-refractivity contribution in [2.75, 3.05) is 33.2 Å². The molecule has 2 aliphatic heterocycles. The molecule has 2 fully saturated rings. The molecule has 2 aromatic rings. The van der Waals surface area contributed by atoms with Crippen molar-refractivity contribution in [2.45, 2.75) is 19.0 Å². The van der Waals surface area contributed by atoms with Crippen molar-refractivity contribution in [1.29, 1.82) is 0 Å². The Labute approximate surface area is 186 Å². The van der Waals surface area contributed by atoms with Gasteiger partial charge in [0, 0.05) is 36.8 Å². The van der Waals surface area contributed by atoms with Gasteiger partial charge in [-0.2, -0.15) is 0 Å². The second kappa shape index (κ2) is 9.08. The van der Waals surface area contributed by atoms with E-state index in [-0.39, 0.29) is 30.8 Å². The Kier molecular flexibility index (Phi) is 6.25. The number of likely N-dealkylation sites (N-methyl/N-ethyl adjacent to an activating group) is 1. The molecule has 2 heterocycles. The normalized spacial score (nSPS) is 20.0. The molecule has 4 rings (SSSR count). The summed E-state index contributed by atoms with van der Waals surface area (Å²) >= 11 is 5.92. The number of nitrogens with one attached hydrogen (secondary N) is 1. The highest BCUT2D eigenvalue weighted by molar-refractivity contribution is 6.30. The monoisotopic (exact) mass is 440 g/mol. The summed E-state index contributed by atoms with van der Waals surface area (Å²) in [6.07, 6.45) is 0.174. The van der Waals surface area contributed by atoms with E-state index < -0.39 is 6.03 Å². The van der Waals surface area contributed by atoms with Gasteiger partial charge in [0.15, 0.2) is 0 Å². The quantitative estimate of drug-likeness (QED) is 0.793. The molecule has 4 amide bonds. The number of rotatable bonds is 4. The molecule has 0 saturated carbocycles. The first-order valence-corrected chi connectivity index (χ1v) is 10.7. The largest absolute Gasteiger partial charge is 0.336 e. The van der Waals surface area contributed by atoms with Crippen LogP contribution < -0.4 is 5.32 Å². The van der Waals surface area contributed by atoms with Crippen LogP contribution in [0.4, 0.5) is 4.79 Å². The molecule has 0 aliphatic carbocycles. The standard InChI is InChI=1S/C23H25ClN4O3/c1-26-9-11-27(12-10-26)22(30)18-4-2-3-16(13-18)15-28-21(29)14-20(25-23(28)31)17-5-7-19(24)8-6-17/h2-8,13,20H,9-12,14-15H2,1H3,(H,25,31). The molecular formula is C23H25ClN4O3. The van der Waals surface area contributed by atoms with Crippen molar-refractivity contribution in [3.8, 4) is 0 Å². The smallest absolute Gasteiger partial charge is 0.324 e. The van der Waals surface area contributed by atoms with Crippen molar-refractivity contribution in [2.24, 2.45) is 0 Å². The van der Waals surface area contributed by atoms with Crippen LogP contribution in [-0.2, 0) is 11.3 Å². The van der Waals surface area contributed by atoms with Crippen molar-refractivity contribution < 1.29 is 14.4 Å². The summed E-state index contributed by atoms with van der Waals surface area (Å²) in [5.41, 5.74) is 2.16. The maximum Gasteiger partial charge on any atom is 0.324 e. The Morgan fingerprint density at radius 3 is 2.45 bits per heavy atom. The summed E-state index contributed by atoms with van der Waals surface area (Å²) in [6.45, 7) is 3.21. The SMILES string of the molecule is CN1CCN(C(=O)c2cccc(CN3C(=O)CC(c4ccc(Cl)cc4)NC3=O)c2)CC1. The van der Waals surface area contributed by atoms with E-state index >= 15 is 0 Å². The minimum absolute atomic E-state index is 0.0211. The number of benzene rings is 2. The first kappa shape index (κ1) is 21.3. The van der Waals surface area contributed by atoms with Crippen LogP contribution in [0.3, 0.4) is 0 Å². The molecule has 2 aromatic carbocycles. The zero-order chi connectivity index (χ0) is 22.0. The summed E-state index contributed by atoms with van der Waals surface area (Å²) < 4.78 is 0. The van der Waals surface area contributed by atoms with E-state index in [0.717, 1.165) is 24.2 Å². The highest BCUT2D eigenvalue weighted by Gasteiger charge is 2.33. The van der Waals surface area contributed by atoms with Gasteiger partial charge in [0.05, 0.1) is 19.0 Å². The number of urea groups is 1. The first-order valence-electron chi connectivity index (χ1n) is 10.3. The predicted octanol–water partition coefficient (Wildman–Crippen LogP) is 2.91. The van der Waals surface area contributed by atoms with Crippen LogP contribution in [0, 0.1) is 0 Å². The molecule has 2 aliphatic rings. The van der Waals surface area contributed by atoms with E-state index in [1.165, 1.54) is 4.90 Å². The van der Waals surface area contributed by atoms with Crippen molar-refractivity contribution in [3.05, 3.63) is 70.2 Å². The molecule has 1 atom stereocenters. The molecule has 2 saturated heterocycles. The number of carbonyl (C=O) groups excluding carboxylic acids is 3. The molecule has 7 nitrogen and oxygen atoms in total. The van der Waals surface area contributed by atoms with E-state index in [2.05, 4.69) is 10.2 Å². The fraction of sp³-hybridized carbons (Fsp3) is 0.348. The lowest BCUT2D eigenvalue weighted by Gasteiger charge is -2.33. The topological polar surface area (TPSA) is 73.0 Å². The van der Waals surface area contributed by atoms with Crippen molar-refractivity contribution in [3.63, 3.8) is 0 Å². The van der Waals surface area contributed by atoms with E-state index in [0.29, 0.717) is 23.7 Å². The van der Waals surface area contributed by atoms with Crippen LogP contribution in [0.25, 0.3) is 0 Å². The van der Waals surface area contributed by atoms with Gasteiger partial charge in [-0.1, -0.05) is 35.9 Å². The fourth-order valence-corrected chi connectivity index (χ4v) is 4.04. The first-order chi connectivity index (χ1) is 14.9. The molecule has 0 aromatic heterocycles. The van der Waals surface area contributed by atoms with Gasteiger partial charge in [0.1, 0.15) is 0 Å². The molecule has 8 heteroatoms. The number of hydrogen-bond donors (Lipinski definition) is 1. The highest BCUT2D eigenvalue weighted by Crippen LogP contribution is 2.25. The Hall–Kier alpha value is -2.90. The van der Waals surface area contributed by atoms with E-state index in [1.807, 2.05) is 30.1 Å². The fourth-order valence-electron chi connectivity index (χ4n) is 3.91. The van der Waals surface area contributed by atoms with Gasteiger partial charge >= 0.3 is 6.03 Å². The maximum absolute atomic E-state index is 12.8. The van der Waals surface area contributed by atoms with Crippen LogP contribution in [0.5, 0.6) is 0 Å². The van der Waals surface area contributed by atoms with E-state index in [1.54, 1.807) is 30.3 Å². The van der Waals surface area contributed by atoms with Crippen LogP contribution in [0.2, 0.25) is 5.02 Å². The van der Waals surface area contributed by atoms with Gasteiger partial charge in [-0.25, -0.2) is 4.79 Å². The summed E-state index contributed by atoms with van der Waals surface area (Å²) in [7, 11) is 2.04. The van der Waals surface area contributed by atoms with Gasteiger partial charge in [-0.15, -0.1) is 0 Å². The zero-order valence-corrected chi connectivity index (χ0v) is 18.1. The number of amides is 4. The molecular weight excluding hydrogens is 416 g/mol. The molecule has 0 bridgehead atoms. The number of carbonyl (C=O) groups is 3. The van der Waals surface area contributed by atoms with Crippen molar-refractivity contribution >= 4 is 29.4 Å². The summed E-state index contributed by atoms with van der Waals surface area (Å²) in [5.74, 6) is -0.272. The second-order valence-corrected chi connectivity index (χ2v) is 8.47. The van der Waals surface area contributed by atoms with Crippen LogP contribution in [-0.4, -0.2) is 65.8 Å². The summed E-state index contributed by atoms with van der Waals surface area (Å²) in [5, 5.41) is 3.49. The third kappa shape index (κ3) is 4.89. The number of hydrogen-bond acceptors (Lipinski definition) is 4. The number of piperazine rings is 1. The average molecular weight is 441 g/mol. The van der Waals surface area contributed by atoms with Crippen molar-refractivity contribution in [1.82, 2.24) is 20.0 Å². The van der Waals surface area contributed by atoms with E-state index in [9.17, 15) is 14.4 Å². The van der Waals surface area contributed by atoms with Gasteiger partial charge in [-0.05, 0) is 42.4 Å². The van der Waals surface area contributed by atoms with Gasteiger partial charge < -0.3 is 15.1 Å². The molecule has 1 unspecified atom stereocenters. The summed E-state index contributed by atoms with van der Waals surface area (Å²) in [6, 6.07) is 13.4. The molecule has 1 N–H and O–H groups in total. The molecule has 162 valence electrons. The van der Waals surface area contributed by atoms with Crippen LogP contribution in [0.1, 0.15) is 33.9 Å². The second-order valence-electron chi connectivity index (χ2n) is 8.03. The molecule has 31 heavy (non-hydrogen) atoms. The van der Waals surface area contributed by atoms with E-state index in [4.69, 9.17) is 11.6 Å². The van der Waals surface area contributed by atoms with Crippen LogP contribution in [0.15, 0.2) is 48.5 Å². The lowest BCUT2D eigenvalue weighted by Crippen LogP contribution is -2.50. The third-order valence-electron chi connectivity index (χ3n) is 5.80. The Morgan fingerprint density at radius 1 is 1.06 bits per heavy atom. The number of imide groups is 1. The minimum atomic E-state index is -0.438. The van der Waals surface area contributed by atoms with Gasteiger partial charge in [0.2, 0.25) is 5.91 Å². The maximum atomic E-state index is 12.8. The minimum Gasteiger partial charge on any atom is -0.336 e. The molecule has 0 radical (unpaired) electrons. The Balaban J connectivity index is 1.43. The highest BCUT2D eigenvalue weighted by atomic mass is 35.5.